The molecule has 0 saturated heterocycles. The SMILES string of the molecule is CCC(CC)C(=O)N(CCc1cc(OC)c(OC)c(OC)c1)C1CC1. The van der Waals surface area contributed by atoms with Gasteiger partial charge in [0.15, 0.2) is 11.5 Å². The van der Waals surface area contributed by atoms with Gasteiger partial charge in [-0.3, -0.25) is 4.79 Å². The van der Waals surface area contributed by atoms with Gasteiger partial charge in [-0.1, -0.05) is 13.8 Å². The summed E-state index contributed by atoms with van der Waals surface area (Å²) in [5, 5.41) is 0. The summed E-state index contributed by atoms with van der Waals surface area (Å²) in [4.78, 5) is 14.9. The van der Waals surface area contributed by atoms with E-state index < -0.39 is 0 Å². The second-order valence-electron chi connectivity index (χ2n) is 6.56. The van der Waals surface area contributed by atoms with Crippen molar-refractivity contribution < 1.29 is 19.0 Å². The minimum Gasteiger partial charge on any atom is -0.493 e. The highest BCUT2D eigenvalue weighted by Gasteiger charge is 2.34. The molecule has 0 radical (unpaired) electrons. The lowest BCUT2D eigenvalue weighted by molar-refractivity contribution is -0.136. The summed E-state index contributed by atoms with van der Waals surface area (Å²) in [5.74, 6) is 2.35. The molecule has 0 heterocycles. The number of nitrogens with zero attached hydrogens (tertiary/aromatic N) is 1. The van der Waals surface area contributed by atoms with Crippen molar-refractivity contribution in [3.8, 4) is 17.2 Å². The predicted octanol–water partition coefficient (Wildman–Crippen LogP) is 3.68. The molecular weight excluding hydrogens is 318 g/mol. The Morgan fingerprint density at radius 1 is 1.08 bits per heavy atom. The maximum atomic E-state index is 12.8. The van der Waals surface area contributed by atoms with Gasteiger partial charge in [-0.05, 0) is 49.8 Å². The van der Waals surface area contributed by atoms with Crippen LogP contribution >= 0.6 is 0 Å². The summed E-state index contributed by atoms with van der Waals surface area (Å²) in [6.45, 7) is 4.92. The summed E-state index contributed by atoms with van der Waals surface area (Å²) in [6, 6.07) is 4.36. The van der Waals surface area contributed by atoms with Crippen molar-refractivity contribution in [3.05, 3.63) is 17.7 Å². The van der Waals surface area contributed by atoms with E-state index in [-0.39, 0.29) is 5.92 Å². The average molecular weight is 349 g/mol. The first kappa shape index (κ1) is 19.4. The van der Waals surface area contributed by atoms with Crippen LogP contribution in [0.2, 0.25) is 0 Å². The Bertz CT molecular complexity index is 554. The molecule has 1 aromatic carbocycles. The predicted molar refractivity (Wildman–Crippen MR) is 98.6 cm³/mol. The van der Waals surface area contributed by atoms with E-state index in [0.717, 1.165) is 44.2 Å². The highest BCUT2D eigenvalue weighted by molar-refractivity contribution is 5.79. The average Bonchev–Trinajstić information content (AvgIpc) is 3.47. The molecule has 0 aromatic heterocycles. The summed E-state index contributed by atoms with van der Waals surface area (Å²) in [5.41, 5.74) is 1.08. The molecule has 0 bridgehead atoms. The Balaban J connectivity index is 2.14. The van der Waals surface area contributed by atoms with Crippen molar-refractivity contribution in [2.45, 2.75) is 52.0 Å². The molecule has 5 heteroatoms. The molecule has 0 unspecified atom stereocenters. The van der Waals surface area contributed by atoms with Gasteiger partial charge in [-0.15, -0.1) is 0 Å². The Morgan fingerprint density at radius 3 is 2.04 bits per heavy atom. The second kappa shape index (κ2) is 8.97. The lowest BCUT2D eigenvalue weighted by atomic mass is 10.0. The standard InChI is InChI=1S/C20H31NO4/c1-6-15(7-2)20(22)21(16-8-9-16)11-10-14-12-17(23-3)19(25-5)18(13-14)24-4/h12-13,15-16H,6-11H2,1-5H3. The molecule has 0 spiro atoms. The minimum atomic E-state index is 0.139. The van der Waals surface area contributed by atoms with E-state index in [1.807, 2.05) is 12.1 Å². The van der Waals surface area contributed by atoms with Crippen LogP contribution in [0.15, 0.2) is 12.1 Å². The van der Waals surface area contributed by atoms with E-state index in [4.69, 9.17) is 14.2 Å². The zero-order chi connectivity index (χ0) is 18.4. The van der Waals surface area contributed by atoms with Crippen LogP contribution in [0.4, 0.5) is 0 Å². The number of carbonyl (C=O) groups excluding carboxylic acids is 1. The first-order valence-electron chi connectivity index (χ1n) is 9.18. The zero-order valence-electron chi connectivity index (χ0n) is 16.1. The molecule has 0 atom stereocenters. The third-order valence-electron chi connectivity index (χ3n) is 4.97. The van der Waals surface area contributed by atoms with Crippen molar-refractivity contribution in [3.63, 3.8) is 0 Å². The molecule has 0 N–H and O–H groups in total. The topological polar surface area (TPSA) is 48.0 Å². The van der Waals surface area contributed by atoms with Gasteiger partial charge in [0, 0.05) is 18.5 Å². The van der Waals surface area contributed by atoms with Gasteiger partial charge in [-0.25, -0.2) is 0 Å². The van der Waals surface area contributed by atoms with E-state index in [1.54, 1.807) is 21.3 Å². The largest absolute Gasteiger partial charge is 0.493 e. The molecule has 140 valence electrons. The highest BCUT2D eigenvalue weighted by atomic mass is 16.5. The summed E-state index contributed by atoms with van der Waals surface area (Å²) in [6.07, 6.45) is 4.84. The van der Waals surface area contributed by atoms with Crippen LogP contribution < -0.4 is 14.2 Å². The van der Waals surface area contributed by atoms with Crippen LogP contribution in [0.1, 0.15) is 45.1 Å². The van der Waals surface area contributed by atoms with Crippen LogP contribution in [0.5, 0.6) is 17.2 Å². The van der Waals surface area contributed by atoms with Crippen molar-refractivity contribution in [2.75, 3.05) is 27.9 Å². The fourth-order valence-corrected chi connectivity index (χ4v) is 3.26. The third kappa shape index (κ3) is 4.59. The van der Waals surface area contributed by atoms with Crippen LogP contribution in [0.3, 0.4) is 0 Å². The first-order valence-corrected chi connectivity index (χ1v) is 9.18. The van der Waals surface area contributed by atoms with Gasteiger partial charge in [0.05, 0.1) is 21.3 Å². The number of benzene rings is 1. The molecule has 1 aromatic rings. The Labute approximate surface area is 151 Å². The van der Waals surface area contributed by atoms with Crippen LogP contribution in [-0.4, -0.2) is 44.7 Å². The van der Waals surface area contributed by atoms with Crippen molar-refractivity contribution in [1.82, 2.24) is 4.90 Å². The smallest absolute Gasteiger partial charge is 0.225 e. The van der Waals surface area contributed by atoms with Gasteiger partial charge in [0.2, 0.25) is 11.7 Å². The molecule has 5 nitrogen and oxygen atoms in total. The molecule has 0 aliphatic heterocycles. The van der Waals surface area contributed by atoms with E-state index in [2.05, 4.69) is 18.7 Å². The fourth-order valence-electron chi connectivity index (χ4n) is 3.26. The Morgan fingerprint density at radius 2 is 1.64 bits per heavy atom. The van der Waals surface area contributed by atoms with Gasteiger partial charge in [0.1, 0.15) is 0 Å². The zero-order valence-corrected chi connectivity index (χ0v) is 16.1. The highest BCUT2D eigenvalue weighted by Crippen LogP contribution is 2.38. The van der Waals surface area contributed by atoms with E-state index in [0.29, 0.717) is 29.2 Å². The van der Waals surface area contributed by atoms with Gasteiger partial charge >= 0.3 is 0 Å². The Kier molecular flexibility index (Phi) is 6.97. The third-order valence-corrected chi connectivity index (χ3v) is 4.97. The first-order chi connectivity index (χ1) is 12.1. The fraction of sp³-hybridized carbons (Fsp3) is 0.650. The Hall–Kier alpha value is -1.91. The van der Waals surface area contributed by atoms with E-state index in [9.17, 15) is 4.79 Å². The lowest BCUT2D eigenvalue weighted by Gasteiger charge is -2.27. The van der Waals surface area contributed by atoms with Gasteiger partial charge < -0.3 is 19.1 Å². The molecule has 2 rings (SSSR count). The van der Waals surface area contributed by atoms with Crippen molar-refractivity contribution in [2.24, 2.45) is 5.92 Å². The minimum absolute atomic E-state index is 0.139. The van der Waals surface area contributed by atoms with E-state index >= 15 is 0 Å². The number of carbonyl (C=O) groups is 1. The summed E-state index contributed by atoms with van der Waals surface area (Å²) < 4.78 is 16.2. The summed E-state index contributed by atoms with van der Waals surface area (Å²) >= 11 is 0. The quantitative estimate of drug-likeness (QED) is 0.646. The molecular formula is C20H31NO4. The van der Waals surface area contributed by atoms with Crippen LogP contribution in [0.25, 0.3) is 0 Å². The number of rotatable bonds is 10. The second-order valence-corrected chi connectivity index (χ2v) is 6.56. The number of amides is 1. The molecule has 25 heavy (non-hydrogen) atoms. The van der Waals surface area contributed by atoms with Crippen molar-refractivity contribution in [1.29, 1.82) is 0 Å². The number of ether oxygens (including phenoxy) is 3. The number of hydrogen-bond acceptors (Lipinski definition) is 4. The van der Waals surface area contributed by atoms with Gasteiger partial charge in [0.25, 0.3) is 0 Å². The maximum Gasteiger partial charge on any atom is 0.225 e. The number of methoxy groups -OCH3 is 3. The molecule has 1 saturated carbocycles. The molecule has 1 amide bonds. The summed E-state index contributed by atoms with van der Waals surface area (Å²) in [7, 11) is 4.84. The van der Waals surface area contributed by atoms with Gasteiger partial charge in [-0.2, -0.15) is 0 Å². The molecule has 1 aliphatic rings. The van der Waals surface area contributed by atoms with Crippen molar-refractivity contribution >= 4 is 5.91 Å². The maximum absolute atomic E-state index is 12.8. The normalized spacial score (nSPS) is 13.7. The van der Waals surface area contributed by atoms with Crippen LogP contribution in [0, 0.1) is 5.92 Å². The van der Waals surface area contributed by atoms with Crippen LogP contribution in [-0.2, 0) is 11.2 Å². The lowest BCUT2D eigenvalue weighted by Crippen LogP contribution is -2.39. The van der Waals surface area contributed by atoms with E-state index in [1.165, 1.54) is 0 Å². The molecule has 1 fully saturated rings. The monoisotopic (exact) mass is 349 g/mol. The number of hydrogen-bond donors (Lipinski definition) is 0. The molecule has 1 aliphatic carbocycles.